The van der Waals surface area contributed by atoms with Gasteiger partial charge in [0.1, 0.15) is 0 Å². The minimum atomic E-state index is -0.679. The van der Waals surface area contributed by atoms with Crippen LogP contribution in [0.25, 0.3) is 0 Å². The van der Waals surface area contributed by atoms with Crippen LogP contribution in [0.2, 0.25) is 0 Å². The third-order valence-corrected chi connectivity index (χ3v) is 2.01. The Morgan fingerprint density at radius 3 is 2.54 bits per heavy atom. The van der Waals surface area contributed by atoms with E-state index in [1.807, 2.05) is 19.9 Å². The molecule has 74 valence electrons. The van der Waals surface area contributed by atoms with Gasteiger partial charge in [0, 0.05) is 6.42 Å². The molecule has 0 rings (SSSR count). The number of allylic oxidation sites excluding steroid dienone is 2. The molecule has 2 nitrogen and oxygen atoms in total. The van der Waals surface area contributed by atoms with Gasteiger partial charge in [0.25, 0.3) is 0 Å². The van der Waals surface area contributed by atoms with Crippen molar-refractivity contribution in [2.24, 2.45) is 0 Å². The van der Waals surface area contributed by atoms with Crippen molar-refractivity contribution in [3.8, 4) is 6.07 Å². The van der Waals surface area contributed by atoms with E-state index in [0.29, 0.717) is 12.8 Å². The van der Waals surface area contributed by atoms with Gasteiger partial charge in [-0.1, -0.05) is 11.6 Å². The number of aliphatic hydroxyl groups is 1. The van der Waals surface area contributed by atoms with E-state index in [2.05, 4.69) is 6.08 Å². The molecule has 2 heteroatoms. The van der Waals surface area contributed by atoms with Crippen LogP contribution in [-0.4, -0.2) is 10.7 Å². The van der Waals surface area contributed by atoms with E-state index in [-0.39, 0.29) is 0 Å². The second-order valence-corrected chi connectivity index (χ2v) is 3.98. The summed E-state index contributed by atoms with van der Waals surface area (Å²) in [6.45, 7) is 5.89. The predicted molar refractivity (Wildman–Crippen MR) is 54.1 cm³/mol. The number of hydrogen-bond acceptors (Lipinski definition) is 2. The van der Waals surface area contributed by atoms with E-state index in [9.17, 15) is 5.11 Å². The van der Waals surface area contributed by atoms with Crippen molar-refractivity contribution >= 4 is 0 Å². The predicted octanol–water partition coefficient (Wildman–Crippen LogP) is 2.79. The van der Waals surface area contributed by atoms with Crippen LogP contribution < -0.4 is 0 Å². The number of rotatable bonds is 5. The lowest BCUT2D eigenvalue weighted by Crippen LogP contribution is -2.23. The van der Waals surface area contributed by atoms with Crippen molar-refractivity contribution in [3.63, 3.8) is 0 Å². The van der Waals surface area contributed by atoms with E-state index in [1.165, 1.54) is 5.57 Å². The first-order valence-electron chi connectivity index (χ1n) is 4.70. The van der Waals surface area contributed by atoms with Gasteiger partial charge < -0.3 is 5.11 Å². The summed E-state index contributed by atoms with van der Waals surface area (Å²) in [5, 5.41) is 18.1. The fourth-order valence-corrected chi connectivity index (χ4v) is 1.12. The highest BCUT2D eigenvalue weighted by Crippen LogP contribution is 2.18. The van der Waals surface area contributed by atoms with E-state index >= 15 is 0 Å². The molecule has 0 fully saturated rings. The lowest BCUT2D eigenvalue weighted by atomic mass is 9.94. The molecule has 0 amide bonds. The molecule has 0 radical (unpaired) electrons. The minimum absolute atomic E-state index is 0.432. The van der Waals surface area contributed by atoms with Gasteiger partial charge >= 0.3 is 0 Å². The van der Waals surface area contributed by atoms with E-state index in [4.69, 9.17) is 5.26 Å². The smallest absolute Gasteiger partial charge is 0.0632 e. The van der Waals surface area contributed by atoms with Crippen LogP contribution >= 0.6 is 0 Å². The van der Waals surface area contributed by atoms with Crippen LogP contribution in [0, 0.1) is 11.3 Å². The minimum Gasteiger partial charge on any atom is -0.390 e. The monoisotopic (exact) mass is 181 g/mol. The van der Waals surface area contributed by atoms with Crippen molar-refractivity contribution in [1.29, 1.82) is 5.26 Å². The molecule has 0 aliphatic carbocycles. The molecule has 0 aromatic heterocycles. The molecule has 1 atom stereocenters. The van der Waals surface area contributed by atoms with E-state index in [1.54, 1.807) is 6.92 Å². The normalized spacial score (nSPS) is 14.4. The van der Waals surface area contributed by atoms with Gasteiger partial charge in [-0.05, 0) is 40.0 Å². The molecule has 0 saturated heterocycles. The van der Waals surface area contributed by atoms with Gasteiger partial charge in [-0.15, -0.1) is 0 Å². The SMILES string of the molecule is CC(C)=CCC[C@](C)(O)CCC#N. The Bertz CT molecular complexity index is 207. The second-order valence-electron chi connectivity index (χ2n) is 3.98. The molecule has 0 heterocycles. The zero-order valence-electron chi connectivity index (χ0n) is 8.80. The first-order chi connectivity index (χ1) is 5.98. The molecule has 13 heavy (non-hydrogen) atoms. The molecule has 0 aliphatic heterocycles. The van der Waals surface area contributed by atoms with Gasteiger partial charge in [-0.2, -0.15) is 5.26 Å². The van der Waals surface area contributed by atoms with Crippen LogP contribution in [0.15, 0.2) is 11.6 Å². The summed E-state index contributed by atoms with van der Waals surface area (Å²) in [6.07, 6.45) is 4.74. The standard InChI is InChI=1S/C11H19NO/c1-10(2)6-4-7-11(3,13)8-5-9-12/h6,13H,4-5,7-8H2,1-3H3/t11-/m0/s1. The van der Waals surface area contributed by atoms with Gasteiger partial charge in [0.15, 0.2) is 0 Å². The largest absolute Gasteiger partial charge is 0.390 e. The van der Waals surface area contributed by atoms with E-state index < -0.39 is 5.60 Å². The summed E-state index contributed by atoms with van der Waals surface area (Å²) in [5.74, 6) is 0. The first kappa shape index (κ1) is 12.2. The quantitative estimate of drug-likeness (QED) is 0.663. The summed E-state index contributed by atoms with van der Waals surface area (Å²) < 4.78 is 0. The first-order valence-corrected chi connectivity index (χ1v) is 4.70. The molecule has 0 unspecified atom stereocenters. The molecule has 0 aliphatic rings. The molecule has 0 bridgehead atoms. The van der Waals surface area contributed by atoms with Crippen molar-refractivity contribution in [2.45, 2.75) is 52.1 Å². The number of nitrogens with zero attached hydrogens (tertiary/aromatic N) is 1. The van der Waals surface area contributed by atoms with Gasteiger partial charge in [-0.3, -0.25) is 0 Å². The maximum Gasteiger partial charge on any atom is 0.0632 e. The van der Waals surface area contributed by atoms with Crippen molar-refractivity contribution in [1.82, 2.24) is 0 Å². The maximum absolute atomic E-state index is 9.78. The Morgan fingerprint density at radius 2 is 2.08 bits per heavy atom. The summed E-state index contributed by atoms with van der Waals surface area (Å²) in [5.41, 5.74) is 0.595. The Labute approximate surface area is 80.9 Å². The molecular formula is C11H19NO. The molecule has 0 aromatic rings. The van der Waals surface area contributed by atoms with Gasteiger partial charge in [0.2, 0.25) is 0 Å². The van der Waals surface area contributed by atoms with Gasteiger partial charge in [0.05, 0.1) is 11.7 Å². The molecular weight excluding hydrogens is 162 g/mol. The fourth-order valence-electron chi connectivity index (χ4n) is 1.12. The van der Waals surface area contributed by atoms with Crippen molar-refractivity contribution in [2.75, 3.05) is 0 Å². The Hall–Kier alpha value is -0.810. The van der Waals surface area contributed by atoms with Crippen LogP contribution in [0.3, 0.4) is 0 Å². The summed E-state index contributed by atoms with van der Waals surface area (Å²) in [7, 11) is 0. The average molecular weight is 181 g/mol. The number of nitriles is 1. The van der Waals surface area contributed by atoms with Crippen molar-refractivity contribution in [3.05, 3.63) is 11.6 Å². The second kappa shape index (κ2) is 5.77. The number of hydrogen-bond donors (Lipinski definition) is 1. The highest BCUT2D eigenvalue weighted by atomic mass is 16.3. The average Bonchev–Trinajstić information content (AvgIpc) is 2.00. The van der Waals surface area contributed by atoms with Crippen LogP contribution in [0.4, 0.5) is 0 Å². The Morgan fingerprint density at radius 1 is 1.46 bits per heavy atom. The lowest BCUT2D eigenvalue weighted by Gasteiger charge is -2.20. The Balaban J connectivity index is 3.76. The zero-order chi connectivity index (χ0) is 10.3. The van der Waals surface area contributed by atoms with Crippen LogP contribution in [0.1, 0.15) is 46.5 Å². The highest BCUT2D eigenvalue weighted by Gasteiger charge is 2.18. The lowest BCUT2D eigenvalue weighted by molar-refractivity contribution is 0.0444. The topological polar surface area (TPSA) is 44.0 Å². The molecule has 1 N–H and O–H groups in total. The summed E-state index contributed by atoms with van der Waals surface area (Å²) in [6, 6.07) is 2.05. The molecule has 0 aromatic carbocycles. The Kier molecular flexibility index (Phi) is 5.41. The summed E-state index contributed by atoms with van der Waals surface area (Å²) in [4.78, 5) is 0. The highest BCUT2D eigenvalue weighted by molar-refractivity contribution is 4.94. The molecule has 0 spiro atoms. The van der Waals surface area contributed by atoms with Crippen LogP contribution in [0.5, 0.6) is 0 Å². The van der Waals surface area contributed by atoms with Gasteiger partial charge in [-0.25, -0.2) is 0 Å². The summed E-state index contributed by atoms with van der Waals surface area (Å²) >= 11 is 0. The van der Waals surface area contributed by atoms with Crippen LogP contribution in [-0.2, 0) is 0 Å². The van der Waals surface area contributed by atoms with Crippen molar-refractivity contribution < 1.29 is 5.11 Å². The van der Waals surface area contributed by atoms with E-state index in [0.717, 1.165) is 12.8 Å². The third kappa shape index (κ3) is 7.55. The fraction of sp³-hybridized carbons (Fsp3) is 0.727. The zero-order valence-corrected chi connectivity index (χ0v) is 8.80. The third-order valence-electron chi connectivity index (χ3n) is 2.01. The maximum atomic E-state index is 9.78. The molecule has 0 saturated carbocycles.